The van der Waals surface area contributed by atoms with Crippen LogP contribution in [0, 0.1) is 0 Å². The van der Waals surface area contributed by atoms with Gasteiger partial charge in [0.25, 0.3) is 0 Å². The maximum Gasteiger partial charge on any atom is 0.573 e. The lowest BCUT2D eigenvalue weighted by atomic mass is 10.1. The molecule has 0 fully saturated rings. The molecule has 0 saturated carbocycles. The molecule has 1 aromatic carbocycles. The van der Waals surface area contributed by atoms with Gasteiger partial charge in [-0.3, -0.25) is 4.40 Å². The van der Waals surface area contributed by atoms with E-state index in [4.69, 9.17) is 11.6 Å². The smallest absolute Gasteiger partial charge is 0.406 e. The van der Waals surface area contributed by atoms with Gasteiger partial charge in [-0.1, -0.05) is 11.6 Å². The van der Waals surface area contributed by atoms with E-state index < -0.39 is 23.9 Å². The quantitative estimate of drug-likeness (QED) is 0.632. The van der Waals surface area contributed by atoms with Crippen LogP contribution in [0.1, 0.15) is 12.7 Å². The van der Waals surface area contributed by atoms with Crippen LogP contribution in [0.4, 0.5) is 22.0 Å². The van der Waals surface area contributed by atoms with Crippen molar-refractivity contribution in [2.24, 2.45) is 0 Å². The molecule has 0 aliphatic rings. The molecule has 0 atom stereocenters. The minimum atomic E-state index is -4.81. The highest BCUT2D eigenvalue weighted by atomic mass is 35.5. The third-order valence-corrected chi connectivity index (χ3v) is 3.38. The van der Waals surface area contributed by atoms with Crippen LogP contribution in [0.15, 0.2) is 30.5 Å². The molecular weight excluding hydrogens is 371 g/mol. The van der Waals surface area contributed by atoms with E-state index in [9.17, 15) is 22.0 Å². The van der Waals surface area contributed by atoms with Crippen LogP contribution in [0.5, 0.6) is 5.75 Å². The van der Waals surface area contributed by atoms with E-state index in [1.807, 2.05) is 0 Å². The second kappa shape index (κ2) is 5.80. The SMILES string of the molecule is CC(F)(F)c1nnc2c(Cl)nc(-c3ccc(OC(F)(F)F)cc3)cn12. The molecule has 0 bridgehead atoms. The standard InChI is InChI=1S/C14H8ClF5N4O/c1-13(16,17)12-23-22-11-10(15)21-9(6-24(11)12)7-2-4-8(5-3-7)25-14(18,19)20/h2-6H,1H3. The van der Waals surface area contributed by atoms with Gasteiger partial charge in [-0.15, -0.1) is 23.4 Å². The number of rotatable bonds is 3. The molecule has 0 aliphatic heterocycles. The van der Waals surface area contributed by atoms with E-state index in [0.717, 1.165) is 16.5 Å². The monoisotopic (exact) mass is 378 g/mol. The molecule has 5 nitrogen and oxygen atoms in total. The van der Waals surface area contributed by atoms with E-state index in [1.165, 1.54) is 18.3 Å². The maximum absolute atomic E-state index is 13.6. The van der Waals surface area contributed by atoms with Gasteiger partial charge in [-0.25, -0.2) is 4.98 Å². The molecule has 25 heavy (non-hydrogen) atoms. The second-order valence-corrected chi connectivity index (χ2v) is 5.45. The van der Waals surface area contributed by atoms with Crippen molar-refractivity contribution in [2.75, 3.05) is 0 Å². The average molecular weight is 379 g/mol. The Morgan fingerprint density at radius 2 is 1.68 bits per heavy atom. The highest BCUT2D eigenvalue weighted by Gasteiger charge is 2.32. The third kappa shape index (κ3) is 3.63. The Kier molecular flexibility index (Phi) is 4.02. The van der Waals surface area contributed by atoms with Crippen LogP contribution in [0.2, 0.25) is 5.15 Å². The van der Waals surface area contributed by atoms with Gasteiger partial charge >= 0.3 is 12.3 Å². The van der Waals surface area contributed by atoms with Gasteiger partial charge in [0.15, 0.2) is 10.8 Å². The Balaban J connectivity index is 2.04. The first-order valence-electron chi connectivity index (χ1n) is 6.70. The summed E-state index contributed by atoms with van der Waals surface area (Å²) in [6.45, 7) is 0.654. The largest absolute Gasteiger partial charge is 0.573 e. The Hall–Kier alpha value is -2.49. The summed E-state index contributed by atoms with van der Waals surface area (Å²) in [7, 11) is 0. The predicted molar refractivity (Wildman–Crippen MR) is 77.5 cm³/mol. The van der Waals surface area contributed by atoms with E-state index in [-0.39, 0.29) is 16.5 Å². The fourth-order valence-corrected chi connectivity index (χ4v) is 2.35. The molecule has 0 N–H and O–H groups in total. The third-order valence-electron chi connectivity index (χ3n) is 3.13. The summed E-state index contributed by atoms with van der Waals surface area (Å²) in [4.78, 5) is 4.01. The zero-order chi connectivity index (χ0) is 18.4. The number of halogens is 6. The maximum atomic E-state index is 13.6. The van der Waals surface area contributed by atoms with Crippen LogP contribution in [0.3, 0.4) is 0 Å². The Bertz CT molecular complexity index is 918. The zero-order valence-electron chi connectivity index (χ0n) is 12.4. The molecule has 0 unspecified atom stereocenters. The van der Waals surface area contributed by atoms with Crippen molar-refractivity contribution in [3.05, 3.63) is 41.4 Å². The molecule has 0 spiro atoms. The van der Waals surface area contributed by atoms with Gasteiger partial charge < -0.3 is 4.74 Å². The first-order valence-corrected chi connectivity index (χ1v) is 7.08. The first kappa shape index (κ1) is 17.3. The highest BCUT2D eigenvalue weighted by molar-refractivity contribution is 6.32. The average Bonchev–Trinajstić information content (AvgIpc) is 2.91. The minimum Gasteiger partial charge on any atom is -0.406 e. The molecular formula is C14H8ClF5N4O. The lowest BCUT2D eigenvalue weighted by molar-refractivity contribution is -0.274. The topological polar surface area (TPSA) is 52.3 Å². The number of hydrogen-bond acceptors (Lipinski definition) is 4. The van der Waals surface area contributed by atoms with Crippen LogP contribution >= 0.6 is 11.6 Å². The number of fused-ring (bicyclic) bond motifs is 1. The number of nitrogens with zero attached hydrogens (tertiary/aromatic N) is 4. The molecule has 0 radical (unpaired) electrons. The van der Waals surface area contributed by atoms with Gasteiger partial charge in [0.2, 0.25) is 5.82 Å². The summed E-state index contributed by atoms with van der Waals surface area (Å²) in [5, 5.41) is 6.81. The van der Waals surface area contributed by atoms with Crippen LogP contribution in [-0.2, 0) is 5.92 Å². The predicted octanol–water partition coefficient (Wildman–Crippen LogP) is 4.46. The highest BCUT2D eigenvalue weighted by Crippen LogP contribution is 2.30. The van der Waals surface area contributed by atoms with Crippen molar-refractivity contribution in [2.45, 2.75) is 19.2 Å². The number of benzene rings is 1. The minimum absolute atomic E-state index is 0.0565. The van der Waals surface area contributed by atoms with Gasteiger partial charge in [-0.2, -0.15) is 8.78 Å². The second-order valence-electron chi connectivity index (χ2n) is 5.09. The molecule has 0 aliphatic carbocycles. The van der Waals surface area contributed by atoms with Crippen molar-refractivity contribution in [3.63, 3.8) is 0 Å². The Morgan fingerprint density at radius 1 is 1.04 bits per heavy atom. The van der Waals surface area contributed by atoms with E-state index in [0.29, 0.717) is 12.5 Å². The number of aromatic nitrogens is 4. The number of alkyl halides is 5. The summed E-state index contributed by atoms with van der Waals surface area (Å²) in [6.07, 6.45) is -3.58. The summed E-state index contributed by atoms with van der Waals surface area (Å²) in [6, 6.07) is 4.73. The van der Waals surface area contributed by atoms with Gasteiger partial charge in [0.1, 0.15) is 5.75 Å². The lowest BCUT2D eigenvalue weighted by Crippen LogP contribution is -2.16. The first-order chi connectivity index (χ1) is 11.5. The number of hydrogen-bond donors (Lipinski definition) is 0. The van der Waals surface area contributed by atoms with Gasteiger partial charge in [0.05, 0.1) is 5.69 Å². The van der Waals surface area contributed by atoms with Crippen LogP contribution in [-0.4, -0.2) is 25.9 Å². The van der Waals surface area contributed by atoms with Crippen molar-refractivity contribution in [3.8, 4) is 17.0 Å². The lowest BCUT2D eigenvalue weighted by Gasteiger charge is -2.10. The molecule has 0 amide bonds. The van der Waals surface area contributed by atoms with E-state index >= 15 is 0 Å². The van der Waals surface area contributed by atoms with Crippen LogP contribution < -0.4 is 4.74 Å². The summed E-state index contributed by atoms with van der Waals surface area (Å²) >= 11 is 5.94. The van der Waals surface area contributed by atoms with Gasteiger partial charge in [-0.05, 0) is 24.3 Å². The number of ether oxygens (including phenoxy) is 1. The van der Waals surface area contributed by atoms with Gasteiger partial charge in [0, 0.05) is 18.7 Å². The molecule has 2 aromatic heterocycles. The molecule has 3 aromatic rings. The van der Waals surface area contributed by atoms with Crippen LogP contribution in [0.25, 0.3) is 16.9 Å². The fourth-order valence-electron chi connectivity index (χ4n) is 2.13. The van der Waals surface area contributed by atoms with Crippen molar-refractivity contribution in [1.29, 1.82) is 0 Å². The summed E-state index contributed by atoms with van der Waals surface area (Å²) in [5.41, 5.74) is 0.442. The fraction of sp³-hybridized carbons (Fsp3) is 0.214. The Labute approximate surface area is 142 Å². The van der Waals surface area contributed by atoms with E-state index in [2.05, 4.69) is 19.9 Å². The molecule has 3 rings (SSSR count). The van der Waals surface area contributed by atoms with Crippen molar-refractivity contribution < 1.29 is 26.7 Å². The molecule has 0 saturated heterocycles. The molecule has 11 heteroatoms. The zero-order valence-corrected chi connectivity index (χ0v) is 13.1. The van der Waals surface area contributed by atoms with E-state index in [1.54, 1.807) is 0 Å². The summed E-state index contributed by atoms with van der Waals surface area (Å²) in [5.74, 6) is -4.33. The van der Waals surface area contributed by atoms with Crippen molar-refractivity contribution in [1.82, 2.24) is 19.6 Å². The van der Waals surface area contributed by atoms with Crippen molar-refractivity contribution >= 4 is 17.2 Å². The normalized spacial score (nSPS) is 12.6. The Morgan fingerprint density at radius 3 is 2.24 bits per heavy atom. The summed E-state index contributed by atoms with van der Waals surface area (Å²) < 4.78 is 68.4. The molecule has 132 valence electrons. The molecule has 2 heterocycles.